The normalized spacial score (nSPS) is 15.5. The smallest absolute Gasteiger partial charge is 0.270 e. The van der Waals surface area contributed by atoms with Crippen LogP contribution in [0.15, 0.2) is 59.2 Å². The van der Waals surface area contributed by atoms with Crippen LogP contribution in [0.3, 0.4) is 0 Å². The van der Waals surface area contributed by atoms with Crippen LogP contribution in [-0.4, -0.2) is 23.6 Å². The minimum absolute atomic E-state index is 0.181. The molecule has 1 N–H and O–H groups in total. The van der Waals surface area contributed by atoms with Crippen LogP contribution in [0, 0.1) is 0 Å². The van der Waals surface area contributed by atoms with E-state index in [0.29, 0.717) is 16.6 Å². The molecule has 1 aromatic heterocycles. The topological polar surface area (TPSA) is 60.5 Å². The van der Waals surface area contributed by atoms with E-state index in [1.807, 2.05) is 30.3 Å². The van der Waals surface area contributed by atoms with Gasteiger partial charge in [0.15, 0.2) is 16.6 Å². The molecule has 2 heterocycles. The molecule has 2 aromatic carbocycles. The number of nitrogens with zero attached hydrogens (tertiary/aromatic N) is 1. The average Bonchev–Trinajstić information content (AvgIpc) is 3.10. The Hall–Kier alpha value is -2.38. The number of carbonyl (C=O) groups excluding carboxylic acids is 1. The zero-order valence-electron chi connectivity index (χ0n) is 13.6. The Labute approximate surface area is 163 Å². The molecule has 26 heavy (non-hydrogen) atoms. The van der Waals surface area contributed by atoms with Crippen LogP contribution < -0.4 is 14.8 Å². The lowest BCUT2D eigenvalue weighted by atomic mass is 10.1. The molecule has 0 saturated carbocycles. The van der Waals surface area contributed by atoms with E-state index in [9.17, 15) is 4.79 Å². The Bertz CT molecular complexity index is 927. The number of hydrogen-bond acceptors (Lipinski definition) is 5. The van der Waals surface area contributed by atoms with Crippen molar-refractivity contribution < 1.29 is 14.3 Å². The molecule has 0 fully saturated rings. The highest BCUT2D eigenvalue weighted by Crippen LogP contribution is 2.31. The summed E-state index contributed by atoms with van der Waals surface area (Å²) in [7, 11) is 0. The van der Waals surface area contributed by atoms with Crippen LogP contribution in [0.2, 0.25) is 0 Å². The fourth-order valence-electron chi connectivity index (χ4n) is 2.59. The third kappa shape index (κ3) is 3.89. The van der Waals surface area contributed by atoms with Gasteiger partial charge in [-0.25, -0.2) is 4.98 Å². The molecule has 132 valence electrons. The number of thiazole rings is 1. The van der Waals surface area contributed by atoms with E-state index in [0.717, 1.165) is 15.8 Å². The van der Waals surface area contributed by atoms with Crippen LogP contribution in [0.25, 0.3) is 0 Å². The Kier molecular flexibility index (Phi) is 4.90. The van der Waals surface area contributed by atoms with Gasteiger partial charge in [-0.05, 0) is 29.8 Å². The molecule has 1 unspecified atom stereocenters. The molecule has 3 aromatic rings. The Morgan fingerprint density at radius 1 is 1.19 bits per heavy atom. The summed E-state index contributed by atoms with van der Waals surface area (Å²) >= 11 is 4.89. The molecule has 1 aliphatic rings. The second-order valence-corrected chi connectivity index (χ2v) is 7.82. The molecule has 1 aliphatic heterocycles. The predicted molar refractivity (Wildman–Crippen MR) is 104 cm³/mol. The van der Waals surface area contributed by atoms with Crippen molar-refractivity contribution in [1.82, 2.24) is 4.98 Å². The van der Waals surface area contributed by atoms with Gasteiger partial charge in [0.2, 0.25) is 6.10 Å². The first-order valence-corrected chi connectivity index (χ1v) is 9.67. The lowest BCUT2D eigenvalue weighted by molar-refractivity contribution is -0.125. The monoisotopic (exact) mass is 430 g/mol. The molecule has 4 rings (SSSR count). The van der Waals surface area contributed by atoms with E-state index in [1.165, 1.54) is 16.9 Å². The largest absolute Gasteiger partial charge is 0.485 e. The Morgan fingerprint density at radius 3 is 2.77 bits per heavy atom. The zero-order valence-corrected chi connectivity index (χ0v) is 16.0. The second-order valence-electron chi connectivity index (χ2n) is 5.79. The standard InChI is InChI=1S/C19H15BrN2O3S/c20-13-7-5-12(6-8-13)9-14-10-21-19(26-14)22-18(23)17-11-24-15-3-1-2-4-16(15)25-17/h1-8,10,17H,9,11H2,(H,21,22,23). The number of aromatic nitrogens is 1. The number of rotatable bonds is 4. The molecule has 0 bridgehead atoms. The minimum atomic E-state index is -0.691. The molecule has 7 heteroatoms. The SMILES string of the molecule is O=C(Nc1ncc(Cc2ccc(Br)cc2)s1)C1COc2ccccc2O1. The first-order chi connectivity index (χ1) is 12.7. The first kappa shape index (κ1) is 17.1. The fourth-order valence-corrected chi connectivity index (χ4v) is 3.70. The lowest BCUT2D eigenvalue weighted by Crippen LogP contribution is -2.40. The highest BCUT2D eigenvalue weighted by Gasteiger charge is 2.27. The van der Waals surface area contributed by atoms with Gasteiger partial charge in [0.25, 0.3) is 5.91 Å². The summed E-state index contributed by atoms with van der Waals surface area (Å²) in [5.74, 6) is 0.973. The van der Waals surface area contributed by atoms with E-state index >= 15 is 0 Å². The quantitative estimate of drug-likeness (QED) is 0.670. The van der Waals surface area contributed by atoms with Crippen LogP contribution in [0.5, 0.6) is 11.5 Å². The summed E-state index contributed by atoms with van der Waals surface area (Å²) in [5.41, 5.74) is 1.19. The van der Waals surface area contributed by atoms with Crippen molar-refractivity contribution in [3.63, 3.8) is 0 Å². The first-order valence-electron chi connectivity index (χ1n) is 8.06. The summed E-state index contributed by atoms with van der Waals surface area (Å²) in [6, 6.07) is 15.5. The molecule has 1 atom stereocenters. The van der Waals surface area contributed by atoms with Gasteiger partial charge < -0.3 is 9.47 Å². The maximum Gasteiger partial charge on any atom is 0.270 e. The second kappa shape index (κ2) is 7.47. The van der Waals surface area contributed by atoms with Crippen molar-refractivity contribution in [3.8, 4) is 11.5 Å². The predicted octanol–water partition coefficient (Wildman–Crippen LogP) is 4.27. The Balaban J connectivity index is 1.38. The third-order valence-electron chi connectivity index (χ3n) is 3.88. The van der Waals surface area contributed by atoms with Gasteiger partial charge >= 0.3 is 0 Å². The van der Waals surface area contributed by atoms with Crippen LogP contribution in [-0.2, 0) is 11.2 Å². The van der Waals surface area contributed by atoms with Crippen LogP contribution in [0.1, 0.15) is 10.4 Å². The maximum atomic E-state index is 12.4. The number of carbonyl (C=O) groups is 1. The number of para-hydroxylation sites is 2. The fraction of sp³-hybridized carbons (Fsp3) is 0.158. The van der Waals surface area contributed by atoms with Gasteiger partial charge in [-0.3, -0.25) is 10.1 Å². The van der Waals surface area contributed by atoms with E-state index in [-0.39, 0.29) is 12.5 Å². The molecule has 0 aliphatic carbocycles. The summed E-state index contributed by atoms with van der Waals surface area (Å²) in [5, 5.41) is 3.37. The number of ether oxygens (including phenoxy) is 2. The van der Waals surface area contributed by atoms with Gasteiger partial charge in [-0.1, -0.05) is 40.2 Å². The lowest BCUT2D eigenvalue weighted by Gasteiger charge is -2.25. The number of anilines is 1. The van der Waals surface area contributed by atoms with Crippen LogP contribution >= 0.6 is 27.3 Å². The van der Waals surface area contributed by atoms with Crippen molar-refractivity contribution in [2.45, 2.75) is 12.5 Å². The number of fused-ring (bicyclic) bond motifs is 1. The van der Waals surface area contributed by atoms with Crippen molar-refractivity contribution in [3.05, 3.63) is 69.6 Å². The van der Waals surface area contributed by atoms with Gasteiger partial charge in [0.05, 0.1) is 0 Å². The third-order valence-corrected chi connectivity index (χ3v) is 5.32. The van der Waals surface area contributed by atoms with Crippen molar-refractivity contribution in [1.29, 1.82) is 0 Å². The average molecular weight is 431 g/mol. The summed E-state index contributed by atoms with van der Waals surface area (Å²) in [4.78, 5) is 17.8. The van der Waals surface area contributed by atoms with Crippen LogP contribution in [0.4, 0.5) is 5.13 Å². The zero-order chi connectivity index (χ0) is 17.9. The molecular formula is C19H15BrN2O3S. The van der Waals surface area contributed by atoms with Gasteiger partial charge in [0.1, 0.15) is 6.61 Å². The van der Waals surface area contributed by atoms with Gasteiger partial charge in [0, 0.05) is 22.0 Å². The van der Waals surface area contributed by atoms with Crippen molar-refractivity contribution >= 4 is 38.3 Å². The maximum absolute atomic E-state index is 12.4. The van der Waals surface area contributed by atoms with Gasteiger partial charge in [-0.2, -0.15) is 0 Å². The number of benzene rings is 2. The summed E-state index contributed by atoms with van der Waals surface area (Å²) < 4.78 is 12.3. The number of nitrogens with one attached hydrogen (secondary N) is 1. The van der Waals surface area contributed by atoms with Crippen molar-refractivity contribution in [2.24, 2.45) is 0 Å². The van der Waals surface area contributed by atoms with Gasteiger partial charge in [-0.15, -0.1) is 11.3 Å². The van der Waals surface area contributed by atoms with E-state index in [1.54, 1.807) is 12.3 Å². The highest BCUT2D eigenvalue weighted by atomic mass is 79.9. The molecule has 0 radical (unpaired) electrons. The minimum Gasteiger partial charge on any atom is -0.485 e. The Morgan fingerprint density at radius 2 is 1.96 bits per heavy atom. The van der Waals surface area contributed by atoms with E-state index in [2.05, 4.69) is 38.4 Å². The van der Waals surface area contributed by atoms with E-state index < -0.39 is 6.10 Å². The highest BCUT2D eigenvalue weighted by molar-refractivity contribution is 9.10. The number of amides is 1. The molecule has 1 amide bonds. The molecule has 0 saturated heterocycles. The summed E-state index contributed by atoms with van der Waals surface area (Å²) in [6.45, 7) is 0.181. The van der Waals surface area contributed by atoms with E-state index in [4.69, 9.17) is 9.47 Å². The molecule has 0 spiro atoms. The van der Waals surface area contributed by atoms with Crippen molar-refractivity contribution in [2.75, 3.05) is 11.9 Å². The number of halogens is 1. The molecule has 5 nitrogen and oxygen atoms in total. The number of hydrogen-bond donors (Lipinski definition) is 1. The molecular weight excluding hydrogens is 416 g/mol. The summed E-state index contributed by atoms with van der Waals surface area (Å²) in [6.07, 6.45) is 1.87.